The Labute approximate surface area is 130 Å². The number of hydrazine groups is 1. The number of nitrogens with two attached hydrogens (primary N) is 1. The number of hydrogen-bond acceptors (Lipinski definition) is 2. The maximum atomic E-state index is 14.3. The summed E-state index contributed by atoms with van der Waals surface area (Å²) in [6, 6.07) is 10.0. The third kappa shape index (κ3) is 2.50. The Bertz CT molecular complexity index is 675. The summed E-state index contributed by atoms with van der Waals surface area (Å²) in [5.41, 5.74) is 4.93. The Morgan fingerprint density at radius 2 is 1.95 bits per heavy atom. The van der Waals surface area contributed by atoms with Crippen molar-refractivity contribution in [1.82, 2.24) is 5.43 Å². The normalized spacial score (nSPS) is 18.6. The van der Waals surface area contributed by atoms with Crippen LogP contribution in [-0.4, -0.2) is 0 Å². The van der Waals surface area contributed by atoms with E-state index in [-0.39, 0.29) is 16.0 Å². The second-order valence-corrected chi connectivity index (χ2v) is 6.10. The zero-order valence-corrected chi connectivity index (χ0v) is 12.8. The fourth-order valence-corrected chi connectivity index (χ4v) is 3.51. The van der Waals surface area contributed by atoms with Crippen LogP contribution in [0.5, 0.6) is 0 Å². The first kappa shape index (κ1) is 14.6. The molecule has 0 aliphatic heterocycles. The third-order valence-corrected chi connectivity index (χ3v) is 4.76. The van der Waals surface area contributed by atoms with E-state index in [9.17, 15) is 8.78 Å². The summed E-state index contributed by atoms with van der Waals surface area (Å²) < 4.78 is 28.7. The van der Waals surface area contributed by atoms with Crippen LogP contribution in [-0.2, 0) is 6.42 Å². The van der Waals surface area contributed by atoms with Gasteiger partial charge < -0.3 is 0 Å². The summed E-state index contributed by atoms with van der Waals surface area (Å²) in [6.45, 7) is 0. The SMILES string of the molecule is NNC(c1c(F)ccc(Br)c1F)C1CCc2ccccc21. The van der Waals surface area contributed by atoms with Crippen molar-refractivity contribution in [3.05, 3.63) is 69.2 Å². The maximum Gasteiger partial charge on any atom is 0.145 e. The standard InChI is InChI=1S/C16H15BrF2N2/c17-12-7-8-13(18)14(15(12)19)16(21-20)11-6-5-9-3-1-2-4-10(9)11/h1-4,7-8,11,16,21H,5-6,20H2. The van der Waals surface area contributed by atoms with Crippen LogP contribution in [0.2, 0.25) is 0 Å². The van der Waals surface area contributed by atoms with E-state index in [1.165, 1.54) is 17.7 Å². The third-order valence-electron chi connectivity index (χ3n) is 4.15. The van der Waals surface area contributed by atoms with Gasteiger partial charge in [0.05, 0.1) is 10.5 Å². The van der Waals surface area contributed by atoms with Gasteiger partial charge in [0.25, 0.3) is 0 Å². The molecule has 110 valence electrons. The van der Waals surface area contributed by atoms with Crippen molar-refractivity contribution in [2.45, 2.75) is 24.8 Å². The fourth-order valence-electron chi connectivity index (χ4n) is 3.16. The molecule has 1 aliphatic carbocycles. The molecular formula is C16H15BrF2N2. The Morgan fingerprint density at radius 1 is 1.19 bits per heavy atom. The van der Waals surface area contributed by atoms with Crippen LogP contribution in [0.4, 0.5) is 8.78 Å². The lowest BCUT2D eigenvalue weighted by Crippen LogP contribution is -2.33. The molecule has 2 nitrogen and oxygen atoms in total. The summed E-state index contributed by atoms with van der Waals surface area (Å²) in [6.07, 6.45) is 1.72. The van der Waals surface area contributed by atoms with E-state index < -0.39 is 17.7 Å². The number of benzene rings is 2. The molecular weight excluding hydrogens is 338 g/mol. The molecule has 2 atom stereocenters. The molecule has 2 unspecified atom stereocenters. The molecule has 3 rings (SSSR count). The molecule has 2 aromatic rings. The molecule has 0 fully saturated rings. The van der Waals surface area contributed by atoms with Crippen LogP contribution in [0.1, 0.15) is 35.1 Å². The largest absolute Gasteiger partial charge is 0.271 e. The van der Waals surface area contributed by atoms with Crippen molar-refractivity contribution < 1.29 is 8.78 Å². The number of rotatable bonds is 3. The van der Waals surface area contributed by atoms with Crippen LogP contribution in [0.3, 0.4) is 0 Å². The van der Waals surface area contributed by atoms with Crippen molar-refractivity contribution in [1.29, 1.82) is 0 Å². The zero-order valence-electron chi connectivity index (χ0n) is 11.2. The van der Waals surface area contributed by atoms with Crippen molar-refractivity contribution >= 4 is 15.9 Å². The van der Waals surface area contributed by atoms with Crippen molar-refractivity contribution in [3.63, 3.8) is 0 Å². The minimum Gasteiger partial charge on any atom is -0.271 e. The van der Waals surface area contributed by atoms with Gasteiger partial charge in [0.15, 0.2) is 0 Å². The van der Waals surface area contributed by atoms with Gasteiger partial charge in [0.1, 0.15) is 11.6 Å². The van der Waals surface area contributed by atoms with Gasteiger partial charge in [-0.1, -0.05) is 24.3 Å². The summed E-state index contributed by atoms with van der Waals surface area (Å²) in [5.74, 6) is 4.42. The predicted molar refractivity (Wildman–Crippen MR) is 81.6 cm³/mol. The van der Waals surface area contributed by atoms with Crippen LogP contribution >= 0.6 is 15.9 Å². The fraction of sp³-hybridized carbons (Fsp3) is 0.250. The molecule has 21 heavy (non-hydrogen) atoms. The van der Waals surface area contributed by atoms with E-state index in [1.54, 1.807) is 0 Å². The smallest absolute Gasteiger partial charge is 0.145 e. The molecule has 0 radical (unpaired) electrons. The Hall–Kier alpha value is -1.30. The summed E-state index contributed by atoms with van der Waals surface area (Å²) in [7, 11) is 0. The van der Waals surface area contributed by atoms with Gasteiger partial charge in [0, 0.05) is 11.5 Å². The molecule has 0 saturated heterocycles. The summed E-state index contributed by atoms with van der Waals surface area (Å²) >= 11 is 3.11. The highest BCUT2D eigenvalue weighted by atomic mass is 79.9. The molecule has 0 amide bonds. The molecule has 3 N–H and O–H groups in total. The van der Waals surface area contributed by atoms with Crippen molar-refractivity contribution in [2.75, 3.05) is 0 Å². The molecule has 0 saturated carbocycles. The highest BCUT2D eigenvalue weighted by Crippen LogP contribution is 2.43. The first-order chi connectivity index (χ1) is 10.1. The van der Waals surface area contributed by atoms with Gasteiger partial charge in [-0.3, -0.25) is 11.3 Å². The van der Waals surface area contributed by atoms with E-state index >= 15 is 0 Å². The number of halogens is 3. The monoisotopic (exact) mass is 352 g/mol. The van der Waals surface area contributed by atoms with Crippen molar-refractivity contribution in [3.8, 4) is 0 Å². The molecule has 0 bridgehead atoms. The summed E-state index contributed by atoms with van der Waals surface area (Å²) in [4.78, 5) is 0. The highest BCUT2D eigenvalue weighted by Gasteiger charge is 2.33. The maximum absolute atomic E-state index is 14.3. The lowest BCUT2D eigenvalue weighted by molar-refractivity contribution is 0.411. The topological polar surface area (TPSA) is 38.0 Å². The van der Waals surface area contributed by atoms with Gasteiger partial charge in [-0.2, -0.15) is 0 Å². The second-order valence-electron chi connectivity index (χ2n) is 5.25. The first-order valence-electron chi connectivity index (χ1n) is 6.80. The van der Waals surface area contributed by atoms with Crippen LogP contribution in [0.15, 0.2) is 40.9 Å². The van der Waals surface area contributed by atoms with Gasteiger partial charge in [-0.25, -0.2) is 8.78 Å². The Balaban J connectivity index is 2.07. The van der Waals surface area contributed by atoms with E-state index in [1.807, 2.05) is 18.2 Å². The number of nitrogens with one attached hydrogen (secondary N) is 1. The minimum absolute atomic E-state index is 0.00595. The van der Waals surface area contributed by atoms with Crippen LogP contribution < -0.4 is 11.3 Å². The van der Waals surface area contributed by atoms with Crippen LogP contribution in [0, 0.1) is 11.6 Å². The number of hydrogen-bond donors (Lipinski definition) is 2. The molecule has 0 spiro atoms. The molecule has 0 heterocycles. The average Bonchev–Trinajstić information content (AvgIpc) is 2.91. The van der Waals surface area contributed by atoms with E-state index in [2.05, 4.69) is 27.4 Å². The quantitative estimate of drug-likeness (QED) is 0.498. The van der Waals surface area contributed by atoms with Gasteiger partial charge in [0.2, 0.25) is 0 Å². The highest BCUT2D eigenvalue weighted by molar-refractivity contribution is 9.10. The molecule has 0 aromatic heterocycles. The Kier molecular flexibility index (Phi) is 4.06. The second kappa shape index (κ2) is 5.83. The Morgan fingerprint density at radius 3 is 2.71 bits per heavy atom. The molecule has 2 aromatic carbocycles. The lowest BCUT2D eigenvalue weighted by Gasteiger charge is -2.25. The number of aryl methyl sites for hydroxylation is 1. The first-order valence-corrected chi connectivity index (χ1v) is 7.60. The van der Waals surface area contributed by atoms with E-state index in [4.69, 9.17) is 5.84 Å². The van der Waals surface area contributed by atoms with Gasteiger partial charge in [-0.05, 0) is 52.0 Å². The van der Waals surface area contributed by atoms with E-state index in [0.29, 0.717) is 0 Å². The molecule has 5 heteroatoms. The van der Waals surface area contributed by atoms with Crippen molar-refractivity contribution in [2.24, 2.45) is 5.84 Å². The zero-order chi connectivity index (χ0) is 15.0. The molecule has 1 aliphatic rings. The van der Waals surface area contributed by atoms with Gasteiger partial charge in [-0.15, -0.1) is 0 Å². The number of fused-ring (bicyclic) bond motifs is 1. The minimum atomic E-state index is -0.595. The average molecular weight is 353 g/mol. The summed E-state index contributed by atoms with van der Waals surface area (Å²) in [5, 5.41) is 0. The van der Waals surface area contributed by atoms with Crippen LogP contribution in [0.25, 0.3) is 0 Å². The van der Waals surface area contributed by atoms with Gasteiger partial charge >= 0.3 is 0 Å². The van der Waals surface area contributed by atoms with E-state index in [0.717, 1.165) is 18.4 Å². The lowest BCUT2D eigenvalue weighted by atomic mass is 9.88. The predicted octanol–water partition coefficient (Wildman–Crippen LogP) is 3.96.